The monoisotopic (exact) mass is 454 g/mol. The van der Waals surface area contributed by atoms with Gasteiger partial charge in [0.25, 0.3) is 0 Å². The van der Waals surface area contributed by atoms with Crippen LogP contribution in [0.3, 0.4) is 0 Å². The highest BCUT2D eigenvalue weighted by Gasteiger charge is 2.15. The Morgan fingerprint density at radius 1 is 1.12 bits per heavy atom. The third kappa shape index (κ3) is 10.0. The van der Waals surface area contributed by atoms with E-state index in [0.29, 0.717) is 0 Å². The first kappa shape index (κ1) is 23.9. The molecule has 0 radical (unpaired) electrons. The summed E-state index contributed by atoms with van der Waals surface area (Å²) in [6, 6.07) is 0. The molecule has 0 aromatic carbocycles. The number of aliphatic imine (C=N–C) groups is 1. The molecule has 24 heavy (non-hydrogen) atoms. The van der Waals surface area contributed by atoms with Crippen LogP contribution in [-0.4, -0.2) is 75.8 Å². The highest BCUT2D eigenvalue weighted by molar-refractivity contribution is 14.0. The number of halogens is 1. The molecule has 1 saturated heterocycles. The van der Waals surface area contributed by atoms with Gasteiger partial charge in [-0.25, -0.2) is 0 Å². The van der Waals surface area contributed by atoms with Crippen molar-refractivity contribution in [1.29, 1.82) is 0 Å². The van der Waals surface area contributed by atoms with Crippen LogP contribution in [0.2, 0.25) is 0 Å². The van der Waals surface area contributed by atoms with Crippen molar-refractivity contribution in [2.45, 2.75) is 46.0 Å². The molecule has 1 aliphatic heterocycles. The SMILES string of the molecule is CCN(CC)CCCCNC(=NC)N(C)CCC1CCOCC1.I. The van der Waals surface area contributed by atoms with Crippen molar-refractivity contribution in [2.24, 2.45) is 10.9 Å². The number of nitrogens with zero attached hydrogens (tertiary/aromatic N) is 3. The number of unbranched alkanes of at least 4 members (excludes halogenated alkanes) is 1. The van der Waals surface area contributed by atoms with E-state index in [1.165, 1.54) is 38.6 Å². The maximum atomic E-state index is 5.43. The summed E-state index contributed by atoms with van der Waals surface area (Å²) < 4.78 is 5.43. The van der Waals surface area contributed by atoms with Gasteiger partial charge in [0.05, 0.1) is 0 Å². The van der Waals surface area contributed by atoms with Crippen LogP contribution in [0.4, 0.5) is 0 Å². The second kappa shape index (κ2) is 15.2. The number of hydrogen-bond acceptors (Lipinski definition) is 3. The summed E-state index contributed by atoms with van der Waals surface area (Å²) in [6.45, 7) is 11.9. The van der Waals surface area contributed by atoms with E-state index in [2.05, 4.69) is 41.0 Å². The van der Waals surface area contributed by atoms with Crippen molar-refractivity contribution >= 4 is 29.9 Å². The molecule has 1 aliphatic rings. The van der Waals surface area contributed by atoms with Crippen molar-refractivity contribution < 1.29 is 4.74 Å². The van der Waals surface area contributed by atoms with E-state index in [4.69, 9.17) is 4.74 Å². The maximum absolute atomic E-state index is 5.43. The van der Waals surface area contributed by atoms with E-state index in [-0.39, 0.29) is 24.0 Å². The molecule has 5 nitrogen and oxygen atoms in total. The lowest BCUT2D eigenvalue weighted by Crippen LogP contribution is -2.40. The standard InChI is InChI=1S/C18H38N4O.HI/c1-5-22(6-2)13-8-7-12-20-18(19-3)21(4)14-9-17-10-15-23-16-11-17;/h17H,5-16H2,1-4H3,(H,19,20);1H. The van der Waals surface area contributed by atoms with Gasteiger partial charge in [0, 0.05) is 40.4 Å². The number of nitrogens with one attached hydrogen (secondary N) is 1. The summed E-state index contributed by atoms with van der Waals surface area (Å²) in [5.41, 5.74) is 0. The highest BCUT2D eigenvalue weighted by Crippen LogP contribution is 2.18. The Bertz CT molecular complexity index is 318. The van der Waals surface area contributed by atoms with Crippen molar-refractivity contribution in [3.05, 3.63) is 0 Å². The molecular formula is C18H39IN4O. The van der Waals surface area contributed by atoms with Crippen LogP contribution < -0.4 is 5.32 Å². The van der Waals surface area contributed by atoms with Crippen LogP contribution in [0.25, 0.3) is 0 Å². The van der Waals surface area contributed by atoms with E-state index < -0.39 is 0 Å². The van der Waals surface area contributed by atoms with Gasteiger partial charge in [-0.2, -0.15) is 0 Å². The zero-order valence-corrected chi connectivity index (χ0v) is 18.6. The molecule has 144 valence electrons. The minimum atomic E-state index is 0. The van der Waals surface area contributed by atoms with E-state index >= 15 is 0 Å². The van der Waals surface area contributed by atoms with Gasteiger partial charge in [-0.05, 0) is 57.7 Å². The minimum absolute atomic E-state index is 0. The number of ether oxygens (including phenoxy) is 1. The molecule has 0 spiro atoms. The normalized spacial score (nSPS) is 16.1. The predicted molar refractivity (Wildman–Crippen MR) is 115 cm³/mol. The van der Waals surface area contributed by atoms with Crippen LogP contribution in [0.1, 0.15) is 46.0 Å². The van der Waals surface area contributed by atoms with Gasteiger partial charge < -0.3 is 19.9 Å². The number of guanidine groups is 1. The van der Waals surface area contributed by atoms with Gasteiger partial charge in [-0.1, -0.05) is 13.8 Å². The van der Waals surface area contributed by atoms with E-state index in [9.17, 15) is 0 Å². The Labute approximate surface area is 166 Å². The molecular weight excluding hydrogens is 415 g/mol. The predicted octanol–water partition coefficient (Wildman–Crippen LogP) is 3.05. The molecule has 0 saturated carbocycles. The first-order valence-corrected chi connectivity index (χ1v) is 9.43. The van der Waals surface area contributed by atoms with E-state index in [1.807, 2.05) is 7.05 Å². The zero-order chi connectivity index (χ0) is 16.9. The van der Waals surface area contributed by atoms with Crippen LogP contribution >= 0.6 is 24.0 Å². The molecule has 1 fully saturated rings. The lowest BCUT2D eigenvalue weighted by Gasteiger charge is -2.27. The summed E-state index contributed by atoms with van der Waals surface area (Å²) in [5, 5.41) is 3.50. The topological polar surface area (TPSA) is 40.1 Å². The molecule has 0 aliphatic carbocycles. The van der Waals surface area contributed by atoms with Gasteiger partial charge >= 0.3 is 0 Å². The number of rotatable bonds is 10. The van der Waals surface area contributed by atoms with Crippen molar-refractivity contribution in [3.63, 3.8) is 0 Å². The largest absolute Gasteiger partial charge is 0.381 e. The Hall–Kier alpha value is -0.0800. The molecule has 1 rings (SSSR count). The third-order valence-corrected chi connectivity index (χ3v) is 4.87. The first-order valence-electron chi connectivity index (χ1n) is 9.43. The van der Waals surface area contributed by atoms with Gasteiger partial charge in [0.1, 0.15) is 0 Å². The summed E-state index contributed by atoms with van der Waals surface area (Å²) >= 11 is 0. The quantitative estimate of drug-likeness (QED) is 0.239. The number of hydrogen-bond donors (Lipinski definition) is 1. The average Bonchev–Trinajstić information content (AvgIpc) is 2.60. The molecule has 0 aromatic rings. The Balaban J connectivity index is 0.00000529. The van der Waals surface area contributed by atoms with Gasteiger partial charge in [-0.3, -0.25) is 4.99 Å². The first-order chi connectivity index (χ1) is 11.2. The maximum Gasteiger partial charge on any atom is 0.193 e. The minimum Gasteiger partial charge on any atom is -0.381 e. The molecule has 0 unspecified atom stereocenters. The fraction of sp³-hybridized carbons (Fsp3) is 0.944. The fourth-order valence-corrected chi connectivity index (χ4v) is 3.10. The molecule has 1 N–H and O–H groups in total. The molecule has 0 bridgehead atoms. The van der Waals surface area contributed by atoms with E-state index in [0.717, 1.165) is 51.3 Å². The van der Waals surface area contributed by atoms with Crippen molar-refractivity contribution in [3.8, 4) is 0 Å². The molecule has 6 heteroatoms. The molecule has 0 atom stereocenters. The fourth-order valence-electron chi connectivity index (χ4n) is 3.10. The second-order valence-electron chi connectivity index (χ2n) is 6.47. The average molecular weight is 454 g/mol. The van der Waals surface area contributed by atoms with E-state index in [1.54, 1.807) is 0 Å². The van der Waals surface area contributed by atoms with Crippen molar-refractivity contribution in [1.82, 2.24) is 15.1 Å². The summed E-state index contributed by atoms with van der Waals surface area (Å²) in [6.07, 6.45) is 6.11. The Kier molecular flexibility index (Phi) is 15.1. The highest BCUT2D eigenvalue weighted by atomic mass is 127. The lowest BCUT2D eigenvalue weighted by atomic mass is 9.96. The molecule has 1 heterocycles. The van der Waals surface area contributed by atoms with Crippen LogP contribution in [0.5, 0.6) is 0 Å². The lowest BCUT2D eigenvalue weighted by molar-refractivity contribution is 0.0625. The summed E-state index contributed by atoms with van der Waals surface area (Å²) in [7, 11) is 4.02. The van der Waals surface area contributed by atoms with Crippen molar-refractivity contribution in [2.75, 3.05) is 60.0 Å². The summed E-state index contributed by atoms with van der Waals surface area (Å²) in [5.74, 6) is 1.85. The third-order valence-electron chi connectivity index (χ3n) is 4.87. The molecule has 0 amide bonds. The van der Waals surface area contributed by atoms with Crippen LogP contribution in [0.15, 0.2) is 4.99 Å². The molecule has 0 aromatic heterocycles. The van der Waals surface area contributed by atoms with Crippen LogP contribution in [-0.2, 0) is 4.74 Å². The summed E-state index contributed by atoms with van der Waals surface area (Å²) in [4.78, 5) is 9.16. The zero-order valence-electron chi connectivity index (χ0n) is 16.2. The van der Waals surface area contributed by atoms with Gasteiger partial charge in [-0.15, -0.1) is 24.0 Å². The smallest absolute Gasteiger partial charge is 0.193 e. The Morgan fingerprint density at radius 3 is 2.38 bits per heavy atom. The second-order valence-corrected chi connectivity index (χ2v) is 6.47. The Morgan fingerprint density at radius 2 is 1.79 bits per heavy atom. The van der Waals surface area contributed by atoms with Crippen LogP contribution in [0, 0.1) is 5.92 Å². The van der Waals surface area contributed by atoms with Gasteiger partial charge in [0.15, 0.2) is 5.96 Å². The van der Waals surface area contributed by atoms with Gasteiger partial charge in [0.2, 0.25) is 0 Å².